The zero-order chi connectivity index (χ0) is 12.8. The van der Waals surface area contributed by atoms with Gasteiger partial charge < -0.3 is 19.3 Å². The summed E-state index contributed by atoms with van der Waals surface area (Å²) in [6, 6.07) is 6.96. The molecule has 0 spiro atoms. The van der Waals surface area contributed by atoms with E-state index in [9.17, 15) is 0 Å². The van der Waals surface area contributed by atoms with E-state index in [0.29, 0.717) is 12.2 Å². The van der Waals surface area contributed by atoms with Gasteiger partial charge in [-0.3, -0.25) is 0 Å². The number of rotatable bonds is 5. The van der Waals surface area contributed by atoms with Gasteiger partial charge in [-0.15, -0.1) is 0 Å². The van der Waals surface area contributed by atoms with Crippen LogP contribution >= 0.6 is 0 Å². The maximum absolute atomic E-state index is 8.90. The van der Waals surface area contributed by atoms with Gasteiger partial charge in [-0.2, -0.15) is 0 Å². The van der Waals surface area contributed by atoms with Gasteiger partial charge in [0.15, 0.2) is 0 Å². The fraction of sp³-hybridized carbons (Fsp3) is 0.429. The van der Waals surface area contributed by atoms with Crippen molar-refractivity contribution in [3.05, 3.63) is 36.4 Å². The van der Waals surface area contributed by atoms with Crippen molar-refractivity contribution in [1.82, 2.24) is 0 Å². The molecule has 2 fully saturated rings. The molecule has 0 radical (unpaired) electrons. The number of phenols is 1. The number of ether oxygens (including phenoxy) is 3. The maximum atomic E-state index is 8.90. The summed E-state index contributed by atoms with van der Waals surface area (Å²) in [6.45, 7) is 6.82. The van der Waals surface area contributed by atoms with Crippen LogP contribution in [0.5, 0.6) is 5.75 Å². The Morgan fingerprint density at radius 3 is 2.28 bits per heavy atom. The van der Waals surface area contributed by atoms with Gasteiger partial charge in [0.25, 0.3) is 0 Å². The normalized spacial score (nSPS) is 23.8. The lowest BCUT2D eigenvalue weighted by atomic mass is 10.2. The fourth-order valence-corrected chi connectivity index (χ4v) is 1.31. The van der Waals surface area contributed by atoms with Gasteiger partial charge in [0.2, 0.25) is 0 Å². The Morgan fingerprint density at radius 1 is 1.28 bits per heavy atom. The van der Waals surface area contributed by atoms with Gasteiger partial charge >= 0.3 is 0 Å². The summed E-state index contributed by atoms with van der Waals surface area (Å²) in [6.07, 6.45) is 2.48. The summed E-state index contributed by atoms with van der Waals surface area (Å²) in [5.74, 6) is 0.285. The Kier molecular flexibility index (Phi) is 4.75. The van der Waals surface area contributed by atoms with Crippen molar-refractivity contribution in [3.63, 3.8) is 0 Å². The monoisotopic (exact) mass is 250 g/mol. The highest BCUT2D eigenvalue weighted by atomic mass is 16.6. The Balaban J connectivity index is 0.000000134. The lowest BCUT2D eigenvalue weighted by Gasteiger charge is -1.95. The van der Waals surface area contributed by atoms with E-state index in [0.717, 1.165) is 32.0 Å². The molecular formula is C14H18O4. The zero-order valence-electron chi connectivity index (χ0n) is 10.2. The molecule has 0 bridgehead atoms. The molecule has 0 aromatic heterocycles. The number of hydrogen-bond acceptors (Lipinski definition) is 4. The van der Waals surface area contributed by atoms with Crippen LogP contribution in [0.15, 0.2) is 30.8 Å². The quantitative estimate of drug-likeness (QED) is 0.810. The molecule has 1 aromatic carbocycles. The van der Waals surface area contributed by atoms with Crippen molar-refractivity contribution in [1.29, 1.82) is 0 Å². The third kappa shape index (κ3) is 5.31. The number of aromatic hydroxyl groups is 1. The highest BCUT2D eigenvalue weighted by Gasteiger charge is 2.26. The summed E-state index contributed by atoms with van der Waals surface area (Å²) in [4.78, 5) is 0. The van der Waals surface area contributed by atoms with Crippen molar-refractivity contribution in [2.45, 2.75) is 12.2 Å². The molecule has 4 heteroatoms. The Bertz CT molecular complexity index is 371. The highest BCUT2D eigenvalue weighted by Crippen LogP contribution is 2.12. The van der Waals surface area contributed by atoms with E-state index in [1.807, 2.05) is 6.07 Å². The van der Waals surface area contributed by atoms with E-state index < -0.39 is 0 Å². The van der Waals surface area contributed by atoms with Gasteiger partial charge in [-0.1, -0.05) is 24.8 Å². The van der Waals surface area contributed by atoms with Crippen molar-refractivity contribution in [2.24, 2.45) is 0 Å². The molecule has 2 aliphatic rings. The van der Waals surface area contributed by atoms with Crippen LogP contribution < -0.4 is 0 Å². The van der Waals surface area contributed by atoms with Crippen LogP contribution in [0.3, 0.4) is 0 Å². The second-order valence-electron chi connectivity index (χ2n) is 4.25. The maximum Gasteiger partial charge on any atom is 0.116 e. The largest absolute Gasteiger partial charge is 0.508 e. The van der Waals surface area contributed by atoms with Crippen LogP contribution in [0, 0.1) is 0 Å². The van der Waals surface area contributed by atoms with E-state index in [1.54, 1.807) is 24.3 Å². The highest BCUT2D eigenvalue weighted by molar-refractivity contribution is 5.49. The molecule has 18 heavy (non-hydrogen) atoms. The minimum atomic E-state index is 0.285. The van der Waals surface area contributed by atoms with Crippen LogP contribution in [0.1, 0.15) is 5.56 Å². The smallest absolute Gasteiger partial charge is 0.116 e. The summed E-state index contributed by atoms with van der Waals surface area (Å²) in [5.41, 5.74) is 0.940. The molecule has 0 amide bonds. The predicted octanol–water partition coefficient (Wildman–Crippen LogP) is 1.84. The molecule has 0 saturated carbocycles. The van der Waals surface area contributed by atoms with E-state index >= 15 is 0 Å². The van der Waals surface area contributed by atoms with E-state index in [1.165, 1.54) is 0 Å². The molecule has 1 N–H and O–H groups in total. The first-order valence-electron chi connectivity index (χ1n) is 6.00. The average molecular weight is 250 g/mol. The SMILES string of the molecule is C(OCC1CO1)C1CO1.C=Cc1cccc(O)c1. The first-order chi connectivity index (χ1) is 8.78. The first-order valence-corrected chi connectivity index (χ1v) is 6.00. The van der Waals surface area contributed by atoms with E-state index in [2.05, 4.69) is 6.58 Å². The topological polar surface area (TPSA) is 54.5 Å². The second kappa shape index (κ2) is 6.54. The van der Waals surface area contributed by atoms with Crippen LogP contribution in [-0.4, -0.2) is 43.7 Å². The number of benzene rings is 1. The molecule has 2 atom stereocenters. The summed E-state index contributed by atoms with van der Waals surface area (Å²) >= 11 is 0. The van der Waals surface area contributed by atoms with Gasteiger partial charge in [0.05, 0.1) is 26.4 Å². The minimum Gasteiger partial charge on any atom is -0.508 e. The minimum absolute atomic E-state index is 0.285. The Labute approximate surface area is 107 Å². The fourth-order valence-electron chi connectivity index (χ4n) is 1.31. The molecule has 2 unspecified atom stereocenters. The molecular weight excluding hydrogens is 232 g/mol. The second-order valence-corrected chi connectivity index (χ2v) is 4.25. The van der Waals surface area contributed by atoms with Gasteiger partial charge in [-0.25, -0.2) is 0 Å². The first kappa shape index (κ1) is 13.1. The molecule has 1 aromatic rings. The zero-order valence-corrected chi connectivity index (χ0v) is 10.2. The summed E-state index contributed by atoms with van der Waals surface area (Å²) in [7, 11) is 0. The summed E-state index contributed by atoms with van der Waals surface area (Å²) < 4.78 is 15.1. The number of phenolic OH excluding ortho intramolecular Hbond substituents is 1. The van der Waals surface area contributed by atoms with E-state index in [4.69, 9.17) is 19.3 Å². The van der Waals surface area contributed by atoms with Crippen molar-refractivity contribution >= 4 is 6.08 Å². The molecule has 3 rings (SSSR count). The van der Waals surface area contributed by atoms with Crippen molar-refractivity contribution < 1.29 is 19.3 Å². The van der Waals surface area contributed by atoms with Crippen LogP contribution in [0.4, 0.5) is 0 Å². The Hall–Kier alpha value is -1.36. The van der Waals surface area contributed by atoms with Crippen molar-refractivity contribution in [3.8, 4) is 5.75 Å². The molecule has 2 heterocycles. The third-order valence-corrected chi connectivity index (χ3v) is 2.52. The van der Waals surface area contributed by atoms with Gasteiger partial charge in [0.1, 0.15) is 18.0 Å². The van der Waals surface area contributed by atoms with Crippen LogP contribution in [-0.2, 0) is 14.2 Å². The lowest BCUT2D eigenvalue weighted by molar-refractivity contribution is 0.102. The van der Waals surface area contributed by atoms with Gasteiger partial charge in [0, 0.05) is 0 Å². The van der Waals surface area contributed by atoms with E-state index in [-0.39, 0.29) is 5.75 Å². The number of epoxide rings is 2. The lowest BCUT2D eigenvalue weighted by Crippen LogP contribution is -2.06. The van der Waals surface area contributed by atoms with Crippen molar-refractivity contribution in [2.75, 3.05) is 26.4 Å². The molecule has 2 aliphatic heterocycles. The van der Waals surface area contributed by atoms with Crippen LogP contribution in [0.25, 0.3) is 6.08 Å². The average Bonchev–Trinajstić information content (AvgIpc) is 3.24. The summed E-state index contributed by atoms with van der Waals surface area (Å²) in [5, 5.41) is 8.90. The van der Waals surface area contributed by atoms with Crippen LogP contribution in [0.2, 0.25) is 0 Å². The molecule has 2 saturated heterocycles. The molecule has 4 nitrogen and oxygen atoms in total. The predicted molar refractivity (Wildman–Crippen MR) is 68.5 cm³/mol. The molecule has 98 valence electrons. The third-order valence-electron chi connectivity index (χ3n) is 2.52. The molecule has 0 aliphatic carbocycles. The Morgan fingerprint density at radius 2 is 1.89 bits per heavy atom. The van der Waals surface area contributed by atoms with Gasteiger partial charge in [-0.05, 0) is 17.7 Å². The standard InChI is InChI=1S/C8H8O.C6H10O3/c1-2-7-4-3-5-8(9)6-7;1(5-3-8-5)7-2-6-4-9-6/h2-6,9H,1H2;5-6H,1-4H2. The number of hydrogen-bond donors (Lipinski definition) is 1.